The molecule has 11 heteroatoms. The van der Waals surface area contributed by atoms with Gasteiger partial charge in [-0.05, 0) is 60.7 Å². The molecule has 3 aromatic carbocycles. The SMILES string of the molecule is COc1cc(C(=O)O)ccc1N1C(=O)[C@H]2C(c3cccc(Cl)c3F)[C@@](C#N)(c3ccc(Cl)cc3F)[C@H](CC(C)(C)C)N2[C@@H]1C. The predicted octanol–water partition coefficient (Wildman–Crippen LogP) is 7.41. The van der Waals surface area contributed by atoms with Crippen molar-refractivity contribution in [2.24, 2.45) is 5.41 Å². The van der Waals surface area contributed by atoms with E-state index in [1.54, 1.807) is 6.92 Å². The number of rotatable bonds is 6. The number of anilines is 1. The number of carbonyl (C=O) groups excluding carboxylic acids is 1. The van der Waals surface area contributed by atoms with Crippen molar-refractivity contribution in [2.45, 2.75) is 63.7 Å². The minimum atomic E-state index is -1.74. The molecule has 0 aromatic heterocycles. The molecule has 2 fully saturated rings. The van der Waals surface area contributed by atoms with Crippen LogP contribution < -0.4 is 9.64 Å². The first-order valence-electron chi connectivity index (χ1n) is 14.0. The number of fused-ring (bicyclic) bond motifs is 1. The summed E-state index contributed by atoms with van der Waals surface area (Å²) in [6, 6.07) is 13.1. The van der Waals surface area contributed by atoms with Crippen LogP contribution in [0, 0.1) is 28.4 Å². The van der Waals surface area contributed by atoms with Crippen molar-refractivity contribution in [3.05, 3.63) is 93.0 Å². The van der Waals surface area contributed by atoms with Crippen LogP contribution in [0.4, 0.5) is 14.5 Å². The van der Waals surface area contributed by atoms with Crippen LogP contribution in [0.1, 0.15) is 61.5 Å². The first-order valence-corrected chi connectivity index (χ1v) is 14.8. The zero-order valence-corrected chi connectivity index (χ0v) is 26.2. The Morgan fingerprint density at radius 2 is 1.84 bits per heavy atom. The van der Waals surface area contributed by atoms with Crippen LogP contribution in [-0.2, 0) is 10.2 Å². The van der Waals surface area contributed by atoms with Gasteiger partial charge in [-0.3, -0.25) is 14.6 Å². The van der Waals surface area contributed by atoms with E-state index in [-0.39, 0.29) is 32.5 Å². The van der Waals surface area contributed by atoms with Crippen LogP contribution in [0.25, 0.3) is 0 Å². The minimum Gasteiger partial charge on any atom is -0.495 e. The number of carbonyl (C=O) groups is 2. The van der Waals surface area contributed by atoms with E-state index in [0.29, 0.717) is 12.1 Å². The number of halogens is 4. The molecule has 2 aliphatic rings. The Morgan fingerprint density at radius 3 is 2.43 bits per heavy atom. The number of amides is 1. The van der Waals surface area contributed by atoms with Gasteiger partial charge >= 0.3 is 5.97 Å². The lowest BCUT2D eigenvalue weighted by atomic mass is 9.62. The Hall–Kier alpha value is -3.71. The summed E-state index contributed by atoms with van der Waals surface area (Å²) >= 11 is 12.4. The van der Waals surface area contributed by atoms with E-state index >= 15 is 8.78 Å². The highest BCUT2D eigenvalue weighted by Gasteiger charge is 2.69. The maximum absolute atomic E-state index is 16.0. The lowest BCUT2D eigenvalue weighted by Crippen LogP contribution is -2.51. The normalized spacial score (nSPS) is 25.2. The van der Waals surface area contributed by atoms with Crippen LogP contribution in [0.5, 0.6) is 5.75 Å². The van der Waals surface area contributed by atoms with Gasteiger partial charge in [0.25, 0.3) is 0 Å². The Balaban J connectivity index is 1.82. The molecule has 5 atom stereocenters. The topological polar surface area (TPSA) is 93.9 Å². The van der Waals surface area contributed by atoms with Crippen LogP contribution in [0.15, 0.2) is 54.6 Å². The maximum Gasteiger partial charge on any atom is 0.335 e. The van der Waals surface area contributed by atoms with Crippen LogP contribution in [0.3, 0.4) is 0 Å². The summed E-state index contributed by atoms with van der Waals surface area (Å²) in [6.45, 7) is 7.70. The molecular weight excluding hydrogens is 611 g/mol. The third-order valence-electron chi connectivity index (χ3n) is 8.68. The highest BCUT2D eigenvalue weighted by molar-refractivity contribution is 6.31. The molecule has 3 aromatic rings. The number of nitriles is 1. The van der Waals surface area contributed by atoms with Crippen LogP contribution in [-0.4, -0.2) is 47.2 Å². The average molecular weight is 643 g/mol. The van der Waals surface area contributed by atoms with Gasteiger partial charge in [0.15, 0.2) is 0 Å². The molecule has 1 amide bonds. The van der Waals surface area contributed by atoms with Crippen molar-refractivity contribution < 1.29 is 28.2 Å². The Kier molecular flexibility index (Phi) is 8.17. The molecule has 1 unspecified atom stereocenters. The number of aromatic carboxylic acids is 1. The second-order valence-electron chi connectivity index (χ2n) is 12.4. The first kappa shape index (κ1) is 31.7. The molecule has 2 aliphatic heterocycles. The second-order valence-corrected chi connectivity index (χ2v) is 13.3. The van der Waals surface area contributed by atoms with Gasteiger partial charge < -0.3 is 9.84 Å². The number of nitrogens with zero attached hydrogens (tertiary/aromatic N) is 3. The van der Waals surface area contributed by atoms with Gasteiger partial charge in [0, 0.05) is 22.5 Å². The van der Waals surface area contributed by atoms with Gasteiger partial charge in [0.1, 0.15) is 28.8 Å². The monoisotopic (exact) mass is 641 g/mol. The number of methoxy groups -OCH3 is 1. The number of carboxylic acid groups (broad SMARTS) is 1. The summed E-state index contributed by atoms with van der Waals surface area (Å²) in [6.07, 6.45) is -0.391. The highest BCUT2D eigenvalue weighted by Crippen LogP contribution is 2.60. The Labute approximate surface area is 264 Å². The molecule has 2 heterocycles. The molecule has 0 spiro atoms. The van der Waals surface area contributed by atoms with Gasteiger partial charge in [-0.2, -0.15) is 5.26 Å². The van der Waals surface area contributed by atoms with Gasteiger partial charge in [-0.1, -0.05) is 62.2 Å². The molecule has 44 heavy (non-hydrogen) atoms. The van der Waals surface area contributed by atoms with Crippen molar-refractivity contribution in [2.75, 3.05) is 12.0 Å². The summed E-state index contributed by atoms with van der Waals surface area (Å²) in [5, 5.41) is 20.6. The van der Waals surface area contributed by atoms with E-state index in [2.05, 4.69) is 6.07 Å². The van der Waals surface area contributed by atoms with E-state index < -0.39 is 58.5 Å². The molecule has 2 saturated heterocycles. The Morgan fingerprint density at radius 1 is 1.14 bits per heavy atom. The van der Waals surface area contributed by atoms with E-state index in [0.717, 1.165) is 6.07 Å². The lowest BCUT2D eigenvalue weighted by molar-refractivity contribution is -0.119. The van der Waals surface area contributed by atoms with Crippen molar-refractivity contribution in [3.8, 4) is 11.8 Å². The fourth-order valence-electron chi connectivity index (χ4n) is 7.01. The zero-order valence-electron chi connectivity index (χ0n) is 24.7. The maximum atomic E-state index is 16.0. The summed E-state index contributed by atoms with van der Waals surface area (Å²) in [5.41, 5.74) is -1.87. The number of hydrogen-bond acceptors (Lipinski definition) is 5. The first-order chi connectivity index (χ1) is 20.7. The number of ether oxygens (including phenoxy) is 1. The van der Waals surface area contributed by atoms with Crippen molar-refractivity contribution in [1.82, 2.24) is 4.90 Å². The van der Waals surface area contributed by atoms with E-state index in [1.807, 2.05) is 25.7 Å². The minimum absolute atomic E-state index is 0.00682. The van der Waals surface area contributed by atoms with Crippen LogP contribution >= 0.6 is 23.2 Å². The summed E-state index contributed by atoms with van der Waals surface area (Å²) in [4.78, 5) is 29.7. The molecule has 0 bridgehead atoms. The van der Waals surface area contributed by atoms with Crippen LogP contribution in [0.2, 0.25) is 10.0 Å². The van der Waals surface area contributed by atoms with Crippen molar-refractivity contribution in [3.63, 3.8) is 0 Å². The molecule has 7 nitrogen and oxygen atoms in total. The third-order valence-corrected chi connectivity index (χ3v) is 9.21. The molecule has 5 rings (SSSR count). The predicted molar refractivity (Wildman–Crippen MR) is 163 cm³/mol. The van der Waals surface area contributed by atoms with E-state index in [9.17, 15) is 20.0 Å². The summed E-state index contributed by atoms with van der Waals surface area (Å²) < 4.78 is 37.5. The van der Waals surface area contributed by atoms with Crippen molar-refractivity contribution in [1.29, 1.82) is 5.26 Å². The number of hydrogen-bond donors (Lipinski definition) is 1. The smallest absolute Gasteiger partial charge is 0.335 e. The van der Waals surface area contributed by atoms with Gasteiger partial charge in [-0.25, -0.2) is 13.6 Å². The largest absolute Gasteiger partial charge is 0.495 e. The fraction of sp³-hybridized carbons (Fsp3) is 0.364. The molecule has 0 radical (unpaired) electrons. The molecular formula is C33H31Cl2F2N3O4. The molecule has 1 N–H and O–H groups in total. The quantitative estimate of drug-likeness (QED) is 0.301. The fourth-order valence-corrected chi connectivity index (χ4v) is 7.35. The van der Waals surface area contributed by atoms with E-state index in [1.165, 1.54) is 60.5 Å². The van der Waals surface area contributed by atoms with Gasteiger partial charge in [0.2, 0.25) is 5.91 Å². The molecule has 0 saturated carbocycles. The highest BCUT2D eigenvalue weighted by atomic mass is 35.5. The zero-order chi connectivity index (χ0) is 32.3. The number of benzene rings is 3. The Bertz CT molecular complexity index is 1710. The van der Waals surface area contributed by atoms with Crippen molar-refractivity contribution >= 4 is 40.8 Å². The molecule has 0 aliphatic carbocycles. The summed E-state index contributed by atoms with van der Waals surface area (Å²) in [7, 11) is 1.37. The van der Waals surface area contributed by atoms with E-state index in [4.69, 9.17) is 27.9 Å². The van der Waals surface area contributed by atoms with Gasteiger partial charge in [-0.15, -0.1) is 0 Å². The lowest BCUT2D eigenvalue weighted by Gasteiger charge is -2.42. The van der Waals surface area contributed by atoms with Gasteiger partial charge in [0.05, 0.1) is 35.6 Å². The number of carboxylic acids is 1. The third kappa shape index (κ3) is 4.90. The second kappa shape index (κ2) is 11.3. The average Bonchev–Trinajstić information content (AvgIpc) is 3.37. The molecule has 230 valence electrons. The standard InChI is InChI=1S/C33H31Cl2F2N3O4/c1-17-39(24-12-9-18(31(42)43)13-25(24)44-5)30(41)29-27(20-7-6-8-22(35)28(20)37)33(16-38,21-11-10-19(34)14-23(21)36)26(40(17)29)15-32(2,3)4/h6-14,17,26-27,29H,15H2,1-5H3,(H,42,43)/t17-,26+,27?,29-,33+/m1/s1. The summed E-state index contributed by atoms with van der Waals surface area (Å²) in [5.74, 6) is -4.23.